The number of amides is 1. The number of carbonyl (C=O) groups excluding carboxylic acids is 1. The van der Waals surface area contributed by atoms with Gasteiger partial charge in [0.2, 0.25) is 5.95 Å². The van der Waals surface area contributed by atoms with Crippen molar-refractivity contribution in [2.24, 2.45) is 5.41 Å². The van der Waals surface area contributed by atoms with E-state index in [1.165, 1.54) is 18.0 Å². The number of nitrogens with zero attached hydrogens (tertiary/aromatic N) is 4. The molecular formula is C19H24ClN5O2. The van der Waals surface area contributed by atoms with Crippen LogP contribution in [0.25, 0.3) is 0 Å². The van der Waals surface area contributed by atoms with Crippen molar-refractivity contribution in [3.63, 3.8) is 0 Å². The lowest BCUT2D eigenvalue weighted by atomic mass is 9.72. The van der Waals surface area contributed by atoms with Crippen LogP contribution in [0.4, 0.5) is 5.95 Å². The number of hydrogen-bond donors (Lipinski definition) is 2. The summed E-state index contributed by atoms with van der Waals surface area (Å²) in [5.74, 6) is 0.0527. The monoisotopic (exact) mass is 389 g/mol. The van der Waals surface area contributed by atoms with Crippen molar-refractivity contribution in [2.45, 2.75) is 19.4 Å². The average Bonchev–Trinajstić information content (AvgIpc) is 2.68. The van der Waals surface area contributed by atoms with Gasteiger partial charge in [-0.15, -0.1) is 12.4 Å². The number of aromatic nitrogens is 2. The number of benzene rings is 1. The van der Waals surface area contributed by atoms with Crippen LogP contribution in [0.3, 0.4) is 0 Å². The predicted molar refractivity (Wildman–Crippen MR) is 104 cm³/mol. The van der Waals surface area contributed by atoms with Crippen LogP contribution < -0.4 is 10.4 Å². The molecule has 4 rings (SSSR count). The molecule has 2 fully saturated rings. The van der Waals surface area contributed by atoms with Gasteiger partial charge in [0.15, 0.2) is 0 Å². The first-order valence-electron chi connectivity index (χ1n) is 8.95. The van der Waals surface area contributed by atoms with Gasteiger partial charge in [-0.3, -0.25) is 14.9 Å². The Morgan fingerprint density at radius 2 is 1.74 bits per heavy atom. The Morgan fingerprint density at radius 3 is 2.33 bits per heavy atom. The van der Waals surface area contributed by atoms with Gasteiger partial charge in [0.25, 0.3) is 5.91 Å². The Labute approximate surface area is 164 Å². The summed E-state index contributed by atoms with van der Waals surface area (Å²) in [6.45, 7) is 5.22. The molecule has 1 aromatic heterocycles. The topological polar surface area (TPSA) is 81.6 Å². The highest BCUT2D eigenvalue weighted by molar-refractivity contribution is 5.92. The normalized spacial score (nSPS) is 18.5. The summed E-state index contributed by atoms with van der Waals surface area (Å²) in [5, 5.41) is 8.64. The zero-order valence-corrected chi connectivity index (χ0v) is 15.9. The minimum absolute atomic E-state index is 0. The van der Waals surface area contributed by atoms with Gasteiger partial charge < -0.3 is 4.90 Å². The molecule has 2 aliphatic rings. The van der Waals surface area contributed by atoms with Crippen LogP contribution in [-0.4, -0.2) is 52.2 Å². The summed E-state index contributed by atoms with van der Waals surface area (Å²) in [6.07, 6.45) is 5.17. The van der Waals surface area contributed by atoms with E-state index in [0.717, 1.165) is 45.6 Å². The highest BCUT2D eigenvalue weighted by Crippen LogP contribution is 2.41. The molecule has 0 unspecified atom stereocenters. The van der Waals surface area contributed by atoms with Crippen molar-refractivity contribution in [1.82, 2.24) is 20.3 Å². The highest BCUT2D eigenvalue weighted by atomic mass is 35.5. The maximum absolute atomic E-state index is 11.3. The zero-order chi connectivity index (χ0) is 18.0. The number of hydroxylamine groups is 1. The second-order valence-electron chi connectivity index (χ2n) is 7.33. The molecule has 2 aromatic rings. The highest BCUT2D eigenvalue weighted by Gasteiger charge is 2.44. The summed E-state index contributed by atoms with van der Waals surface area (Å²) in [4.78, 5) is 24.6. The lowest BCUT2D eigenvalue weighted by Crippen LogP contribution is -2.59. The van der Waals surface area contributed by atoms with Gasteiger partial charge in [-0.2, -0.15) is 0 Å². The van der Waals surface area contributed by atoms with E-state index in [2.05, 4.69) is 50.1 Å². The van der Waals surface area contributed by atoms with Gasteiger partial charge in [-0.1, -0.05) is 30.3 Å². The van der Waals surface area contributed by atoms with Crippen molar-refractivity contribution in [3.8, 4) is 0 Å². The second-order valence-corrected chi connectivity index (χ2v) is 7.33. The predicted octanol–water partition coefficient (Wildman–Crippen LogP) is 2.12. The minimum Gasteiger partial charge on any atom is -0.341 e. The molecule has 144 valence electrons. The zero-order valence-electron chi connectivity index (χ0n) is 15.0. The number of carbonyl (C=O) groups is 1. The van der Waals surface area contributed by atoms with Crippen LogP contribution in [0.2, 0.25) is 0 Å². The molecule has 0 aliphatic carbocycles. The number of nitrogens with one attached hydrogen (secondary N) is 1. The Balaban J connectivity index is 0.00000210. The Bertz CT molecular complexity index is 755. The lowest BCUT2D eigenvalue weighted by molar-refractivity contribution is -0.0241. The van der Waals surface area contributed by atoms with Crippen LogP contribution in [0.15, 0.2) is 42.7 Å². The first kappa shape index (κ1) is 19.5. The lowest BCUT2D eigenvalue weighted by Gasteiger charge is -2.54. The van der Waals surface area contributed by atoms with Crippen molar-refractivity contribution in [1.29, 1.82) is 0 Å². The van der Waals surface area contributed by atoms with Crippen LogP contribution in [0, 0.1) is 5.41 Å². The molecule has 7 nitrogen and oxygen atoms in total. The average molecular weight is 390 g/mol. The molecule has 1 amide bonds. The van der Waals surface area contributed by atoms with E-state index in [1.54, 1.807) is 5.48 Å². The summed E-state index contributed by atoms with van der Waals surface area (Å²) >= 11 is 0. The Kier molecular flexibility index (Phi) is 5.94. The fraction of sp³-hybridized carbons (Fsp3) is 0.421. The molecule has 2 saturated heterocycles. The summed E-state index contributed by atoms with van der Waals surface area (Å²) in [5.41, 5.74) is 3.65. The van der Waals surface area contributed by atoms with Crippen LogP contribution in [0.5, 0.6) is 0 Å². The standard InChI is InChI=1S/C19H23N5O2.ClH/c25-17(22-26)16-10-20-18(21-11-16)24-8-6-19(7-9-24)13-23(14-19)12-15-4-2-1-3-5-15;/h1-5,10-11,26H,6-9,12-14H2,(H,22,25);1H. The van der Waals surface area contributed by atoms with Crippen LogP contribution >= 0.6 is 12.4 Å². The number of halogens is 1. The molecule has 8 heteroatoms. The first-order valence-corrected chi connectivity index (χ1v) is 8.95. The fourth-order valence-corrected chi connectivity index (χ4v) is 4.02. The van der Waals surface area contributed by atoms with E-state index < -0.39 is 5.91 Å². The molecule has 0 radical (unpaired) electrons. The quantitative estimate of drug-likeness (QED) is 0.615. The van der Waals surface area contributed by atoms with E-state index >= 15 is 0 Å². The molecule has 0 saturated carbocycles. The molecule has 1 spiro atoms. The Morgan fingerprint density at radius 1 is 1.11 bits per heavy atom. The van der Waals surface area contributed by atoms with E-state index in [0.29, 0.717) is 11.4 Å². The number of piperidine rings is 1. The maximum atomic E-state index is 11.3. The smallest absolute Gasteiger partial charge is 0.277 e. The second kappa shape index (κ2) is 8.21. The maximum Gasteiger partial charge on any atom is 0.277 e. The number of rotatable bonds is 4. The molecule has 27 heavy (non-hydrogen) atoms. The Hall–Kier alpha value is -2.22. The third-order valence-corrected chi connectivity index (χ3v) is 5.48. The molecule has 3 heterocycles. The van der Waals surface area contributed by atoms with Crippen LogP contribution in [-0.2, 0) is 6.54 Å². The van der Waals surface area contributed by atoms with E-state index in [1.807, 2.05) is 0 Å². The van der Waals surface area contributed by atoms with Gasteiger partial charge in [0.05, 0.1) is 5.56 Å². The summed E-state index contributed by atoms with van der Waals surface area (Å²) in [7, 11) is 0. The first-order chi connectivity index (χ1) is 12.7. The SMILES string of the molecule is Cl.O=C(NO)c1cnc(N2CCC3(CC2)CN(Cc2ccccc2)C3)nc1. The molecule has 1 aromatic carbocycles. The largest absolute Gasteiger partial charge is 0.341 e. The molecular weight excluding hydrogens is 366 g/mol. The van der Waals surface area contributed by atoms with Crippen molar-refractivity contribution in [2.75, 3.05) is 31.1 Å². The number of anilines is 1. The molecule has 0 atom stereocenters. The van der Waals surface area contributed by atoms with Crippen molar-refractivity contribution in [3.05, 3.63) is 53.9 Å². The van der Waals surface area contributed by atoms with Gasteiger partial charge >= 0.3 is 0 Å². The van der Waals surface area contributed by atoms with E-state index in [-0.39, 0.29) is 18.0 Å². The van der Waals surface area contributed by atoms with Crippen molar-refractivity contribution >= 4 is 24.3 Å². The van der Waals surface area contributed by atoms with Gasteiger partial charge in [-0.25, -0.2) is 15.4 Å². The fourth-order valence-electron chi connectivity index (χ4n) is 4.02. The van der Waals surface area contributed by atoms with Gasteiger partial charge in [-0.05, 0) is 23.8 Å². The van der Waals surface area contributed by atoms with Gasteiger partial charge in [0.1, 0.15) is 0 Å². The molecule has 0 bridgehead atoms. The van der Waals surface area contributed by atoms with Crippen LogP contribution in [0.1, 0.15) is 28.8 Å². The summed E-state index contributed by atoms with van der Waals surface area (Å²) < 4.78 is 0. The number of likely N-dealkylation sites (tertiary alicyclic amines) is 1. The van der Waals surface area contributed by atoms with Crippen molar-refractivity contribution < 1.29 is 10.0 Å². The van der Waals surface area contributed by atoms with Gasteiger partial charge in [0, 0.05) is 45.1 Å². The molecule has 2 N–H and O–H groups in total. The van der Waals surface area contributed by atoms with E-state index in [9.17, 15) is 4.79 Å². The number of hydrogen-bond acceptors (Lipinski definition) is 6. The summed E-state index contributed by atoms with van der Waals surface area (Å²) in [6, 6.07) is 10.6. The third kappa shape index (κ3) is 4.21. The van der Waals surface area contributed by atoms with E-state index in [4.69, 9.17) is 5.21 Å². The molecule has 2 aliphatic heterocycles. The minimum atomic E-state index is -0.595. The third-order valence-electron chi connectivity index (χ3n) is 5.48.